The number of carbonyl (C=O) groups is 2. The van der Waals surface area contributed by atoms with Gasteiger partial charge in [0.05, 0.1) is 0 Å². The first-order valence-electron chi connectivity index (χ1n) is 8.45. The van der Waals surface area contributed by atoms with E-state index in [-0.39, 0.29) is 11.8 Å². The number of para-hydroxylation sites is 1. The summed E-state index contributed by atoms with van der Waals surface area (Å²) in [5.41, 5.74) is 3.77. The normalized spacial score (nSPS) is 13.6. The maximum Gasteiger partial charge on any atom is 0.253 e. The van der Waals surface area contributed by atoms with Crippen LogP contribution in [0.15, 0.2) is 54.6 Å². The Kier molecular flexibility index (Phi) is 4.98. The van der Waals surface area contributed by atoms with Crippen LogP contribution in [0.2, 0.25) is 0 Å². The van der Waals surface area contributed by atoms with Gasteiger partial charge in [0.1, 0.15) is 0 Å². The molecule has 0 aromatic heterocycles. The van der Waals surface area contributed by atoms with Gasteiger partial charge in [-0.05, 0) is 48.2 Å². The Hall–Kier alpha value is -2.88. The van der Waals surface area contributed by atoms with Gasteiger partial charge in [-0.25, -0.2) is 0 Å². The van der Waals surface area contributed by atoms with Crippen molar-refractivity contribution in [3.63, 3.8) is 0 Å². The summed E-state index contributed by atoms with van der Waals surface area (Å²) in [4.78, 5) is 27.8. The fourth-order valence-electron chi connectivity index (χ4n) is 3.02. The predicted octanol–water partition coefficient (Wildman–Crippen LogP) is 3.38. The Labute approximate surface area is 148 Å². The van der Waals surface area contributed by atoms with Gasteiger partial charge in [-0.1, -0.05) is 30.3 Å². The molecular weight excluding hydrogens is 312 g/mol. The van der Waals surface area contributed by atoms with E-state index in [0.29, 0.717) is 5.56 Å². The Balaban J connectivity index is 1.72. The number of nitrogens with zero attached hydrogens (tertiary/aromatic N) is 2. The lowest BCUT2D eigenvalue weighted by molar-refractivity contribution is -0.114. The summed E-state index contributed by atoms with van der Waals surface area (Å²) in [6, 6.07) is 15.3. The van der Waals surface area contributed by atoms with Gasteiger partial charge in [0.25, 0.3) is 11.8 Å². The smallest absolute Gasteiger partial charge is 0.253 e. The molecule has 0 atom stereocenters. The predicted molar refractivity (Wildman–Crippen MR) is 101 cm³/mol. The minimum Gasteiger partial charge on any atom is -0.345 e. The number of hydrogen-bond donors (Lipinski definition) is 0. The molecule has 0 N–H and O–H groups in total. The molecule has 2 aromatic rings. The van der Waals surface area contributed by atoms with Gasteiger partial charge in [-0.3, -0.25) is 9.59 Å². The Bertz CT molecular complexity index is 807. The van der Waals surface area contributed by atoms with E-state index in [9.17, 15) is 9.59 Å². The third-order valence-corrected chi connectivity index (χ3v) is 4.36. The molecule has 0 saturated heterocycles. The second-order valence-corrected chi connectivity index (χ2v) is 6.38. The molecule has 128 valence electrons. The fraction of sp³-hybridized carbons (Fsp3) is 0.238. The summed E-state index contributed by atoms with van der Waals surface area (Å²) in [6.45, 7) is 0.746. The van der Waals surface area contributed by atoms with Crippen LogP contribution in [0.25, 0.3) is 6.08 Å². The monoisotopic (exact) mass is 334 g/mol. The molecule has 0 aliphatic carbocycles. The Morgan fingerprint density at radius 1 is 1.04 bits per heavy atom. The van der Waals surface area contributed by atoms with Crippen LogP contribution in [0, 0.1) is 0 Å². The van der Waals surface area contributed by atoms with E-state index in [2.05, 4.69) is 6.07 Å². The molecule has 4 nitrogen and oxygen atoms in total. The van der Waals surface area contributed by atoms with E-state index in [1.807, 2.05) is 35.2 Å². The van der Waals surface area contributed by atoms with Crippen molar-refractivity contribution in [1.82, 2.24) is 4.90 Å². The zero-order valence-corrected chi connectivity index (χ0v) is 14.6. The average molecular weight is 334 g/mol. The van der Waals surface area contributed by atoms with E-state index in [1.165, 1.54) is 5.56 Å². The lowest BCUT2D eigenvalue weighted by Gasteiger charge is -2.28. The number of rotatable bonds is 3. The quantitative estimate of drug-likeness (QED) is 0.808. The van der Waals surface area contributed by atoms with Crippen molar-refractivity contribution in [1.29, 1.82) is 0 Å². The average Bonchev–Trinajstić information content (AvgIpc) is 2.65. The molecule has 1 aliphatic heterocycles. The summed E-state index contributed by atoms with van der Waals surface area (Å²) in [5.74, 6) is -0.0443. The van der Waals surface area contributed by atoms with Crippen molar-refractivity contribution in [3.05, 3.63) is 71.3 Å². The molecule has 1 heterocycles. The summed E-state index contributed by atoms with van der Waals surface area (Å²) >= 11 is 0. The first-order chi connectivity index (χ1) is 12.1. The van der Waals surface area contributed by atoms with Crippen LogP contribution < -0.4 is 4.90 Å². The van der Waals surface area contributed by atoms with E-state index >= 15 is 0 Å². The van der Waals surface area contributed by atoms with Crippen LogP contribution in [0.5, 0.6) is 0 Å². The molecule has 0 radical (unpaired) electrons. The highest BCUT2D eigenvalue weighted by Gasteiger charge is 2.20. The Morgan fingerprint density at radius 2 is 1.76 bits per heavy atom. The third-order valence-electron chi connectivity index (χ3n) is 4.36. The molecule has 0 saturated carbocycles. The topological polar surface area (TPSA) is 40.6 Å². The molecule has 3 rings (SSSR count). The van der Waals surface area contributed by atoms with Crippen molar-refractivity contribution in [2.24, 2.45) is 0 Å². The Morgan fingerprint density at radius 3 is 2.48 bits per heavy atom. The molecule has 0 bridgehead atoms. The summed E-state index contributed by atoms with van der Waals surface area (Å²) in [6.07, 6.45) is 5.40. The second kappa shape index (κ2) is 7.34. The summed E-state index contributed by atoms with van der Waals surface area (Å²) < 4.78 is 0. The lowest BCUT2D eigenvalue weighted by atomic mass is 10.0. The first kappa shape index (κ1) is 17.0. The summed E-state index contributed by atoms with van der Waals surface area (Å²) in [5, 5.41) is 0. The minimum atomic E-state index is -0.0310. The molecule has 2 aromatic carbocycles. The highest BCUT2D eigenvalue weighted by atomic mass is 16.2. The van der Waals surface area contributed by atoms with Gasteiger partial charge in [-0.2, -0.15) is 0 Å². The number of benzene rings is 2. The second-order valence-electron chi connectivity index (χ2n) is 6.38. The van der Waals surface area contributed by atoms with Crippen molar-refractivity contribution >= 4 is 23.6 Å². The van der Waals surface area contributed by atoms with Gasteiger partial charge >= 0.3 is 0 Å². The molecule has 25 heavy (non-hydrogen) atoms. The van der Waals surface area contributed by atoms with Gasteiger partial charge in [0.2, 0.25) is 0 Å². The number of hydrogen-bond acceptors (Lipinski definition) is 2. The van der Waals surface area contributed by atoms with E-state index in [0.717, 1.165) is 30.6 Å². The maximum absolute atomic E-state index is 12.6. The van der Waals surface area contributed by atoms with E-state index in [1.54, 1.807) is 43.3 Å². The number of fused-ring (bicyclic) bond motifs is 1. The zero-order chi connectivity index (χ0) is 17.8. The number of amides is 2. The van der Waals surface area contributed by atoms with Gasteiger partial charge < -0.3 is 9.80 Å². The van der Waals surface area contributed by atoms with Crippen LogP contribution in [0.3, 0.4) is 0 Å². The lowest BCUT2D eigenvalue weighted by Crippen LogP contribution is -2.34. The van der Waals surface area contributed by atoms with Crippen LogP contribution in [-0.4, -0.2) is 37.4 Å². The van der Waals surface area contributed by atoms with Crippen LogP contribution >= 0.6 is 0 Å². The highest BCUT2D eigenvalue weighted by Crippen LogP contribution is 2.26. The largest absolute Gasteiger partial charge is 0.345 e. The SMILES string of the molecule is CN(C)C(=O)c1ccc(/C=C/C(=O)N2CCCc3ccccc32)cc1. The molecule has 4 heteroatoms. The fourth-order valence-corrected chi connectivity index (χ4v) is 3.02. The zero-order valence-electron chi connectivity index (χ0n) is 14.6. The van der Waals surface area contributed by atoms with E-state index in [4.69, 9.17) is 0 Å². The standard InChI is InChI=1S/C21H22N2O2/c1-22(2)21(25)18-12-9-16(10-13-18)11-14-20(24)23-15-5-7-17-6-3-4-8-19(17)23/h3-4,6,8-14H,5,7,15H2,1-2H3/b14-11+. The van der Waals surface area contributed by atoms with Crippen LogP contribution in [-0.2, 0) is 11.2 Å². The van der Waals surface area contributed by atoms with Gasteiger partial charge in [0, 0.05) is 38.0 Å². The molecular formula is C21H22N2O2. The van der Waals surface area contributed by atoms with Crippen molar-refractivity contribution < 1.29 is 9.59 Å². The third kappa shape index (κ3) is 3.79. The molecule has 0 unspecified atom stereocenters. The maximum atomic E-state index is 12.6. The minimum absolute atomic E-state index is 0.0133. The number of aryl methyl sites for hydroxylation is 1. The molecule has 0 fully saturated rings. The first-order valence-corrected chi connectivity index (χ1v) is 8.45. The number of anilines is 1. The molecule has 1 aliphatic rings. The van der Waals surface area contributed by atoms with E-state index < -0.39 is 0 Å². The van der Waals surface area contributed by atoms with Crippen LogP contribution in [0.1, 0.15) is 27.9 Å². The molecule has 0 spiro atoms. The number of carbonyl (C=O) groups excluding carboxylic acids is 2. The van der Waals surface area contributed by atoms with Crippen molar-refractivity contribution in [2.45, 2.75) is 12.8 Å². The van der Waals surface area contributed by atoms with Crippen LogP contribution in [0.4, 0.5) is 5.69 Å². The van der Waals surface area contributed by atoms with Gasteiger partial charge in [0.15, 0.2) is 0 Å². The summed E-state index contributed by atoms with van der Waals surface area (Å²) in [7, 11) is 3.45. The van der Waals surface area contributed by atoms with Gasteiger partial charge in [-0.15, -0.1) is 0 Å². The highest BCUT2D eigenvalue weighted by molar-refractivity contribution is 6.04. The van der Waals surface area contributed by atoms with Crippen molar-refractivity contribution in [3.8, 4) is 0 Å². The molecule has 2 amide bonds. The van der Waals surface area contributed by atoms with Crippen molar-refractivity contribution in [2.75, 3.05) is 25.5 Å².